The first-order chi connectivity index (χ1) is 13.1. The van der Waals surface area contributed by atoms with Gasteiger partial charge >= 0.3 is 0 Å². The van der Waals surface area contributed by atoms with E-state index in [9.17, 15) is 14.8 Å². The molecule has 2 rings (SSSR count). The van der Waals surface area contributed by atoms with Crippen LogP contribution >= 0.6 is 0 Å². The molecule has 1 aliphatic heterocycles. The van der Waals surface area contributed by atoms with Gasteiger partial charge in [0.25, 0.3) is 0 Å². The molecule has 3 N–H and O–H groups in total. The van der Waals surface area contributed by atoms with Gasteiger partial charge in [-0.3, -0.25) is 14.8 Å². The first kappa shape index (κ1) is 21.0. The lowest BCUT2D eigenvalue weighted by Crippen LogP contribution is -2.45. The number of morpholine rings is 1. The number of nitrogens with two attached hydrogens (primary N) is 1. The molecule has 2 heterocycles. The molecule has 1 saturated heterocycles. The topological polar surface area (TPSA) is 125 Å². The molecule has 2 amide bonds. The Kier molecular flexibility index (Phi) is 8.37. The fourth-order valence-corrected chi connectivity index (χ4v) is 2.95. The van der Waals surface area contributed by atoms with Crippen LogP contribution in [0.25, 0.3) is 0 Å². The van der Waals surface area contributed by atoms with E-state index in [1.165, 1.54) is 6.33 Å². The normalized spacial score (nSPS) is 15.3. The Morgan fingerprint density at radius 2 is 2.15 bits per heavy atom. The first-order valence-corrected chi connectivity index (χ1v) is 9.21. The second-order valence-corrected chi connectivity index (χ2v) is 6.46. The lowest BCUT2D eigenvalue weighted by atomic mass is 10.00. The summed E-state index contributed by atoms with van der Waals surface area (Å²) in [7, 11) is 0. The second-order valence-electron chi connectivity index (χ2n) is 6.46. The largest absolute Gasteiger partial charge is 0.378 e. The summed E-state index contributed by atoms with van der Waals surface area (Å²) in [6, 6.07) is 1.66. The van der Waals surface area contributed by atoms with Crippen molar-refractivity contribution in [1.29, 1.82) is 0 Å². The Morgan fingerprint density at radius 3 is 2.81 bits per heavy atom. The van der Waals surface area contributed by atoms with E-state index < -0.39 is 11.8 Å². The smallest absolute Gasteiger partial charge is 0.247 e. The molecule has 1 atom stereocenters. The highest BCUT2D eigenvalue weighted by molar-refractivity contribution is 5.93. The maximum absolute atomic E-state index is 12.8. The van der Waals surface area contributed by atoms with E-state index in [2.05, 4.69) is 16.9 Å². The van der Waals surface area contributed by atoms with Crippen LogP contribution in [0.15, 0.2) is 12.4 Å². The Labute approximate surface area is 158 Å². The van der Waals surface area contributed by atoms with E-state index in [0.717, 1.165) is 24.3 Å². The first-order valence-electron chi connectivity index (χ1n) is 9.21. The Morgan fingerprint density at radius 1 is 1.41 bits per heavy atom. The van der Waals surface area contributed by atoms with Gasteiger partial charge in [-0.15, -0.1) is 0 Å². The van der Waals surface area contributed by atoms with Crippen LogP contribution in [-0.4, -0.2) is 65.4 Å². The zero-order valence-electron chi connectivity index (χ0n) is 15.7. The number of carbonyl (C=O) groups excluding carboxylic acids is 2. The van der Waals surface area contributed by atoms with Gasteiger partial charge in [-0.2, -0.15) is 0 Å². The molecule has 1 fully saturated rings. The minimum atomic E-state index is -0.612. The quantitative estimate of drug-likeness (QED) is 0.151. The lowest BCUT2D eigenvalue weighted by Gasteiger charge is -2.29. The molecule has 0 bridgehead atoms. The predicted molar refractivity (Wildman–Crippen MR) is 98.9 cm³/mol. The minimum Gasteiger partial charge on any atom is -0.378 e. The average Bonchev–Trinajstić information content (AvgIpc) is 2.72. The van der Waals surface area contributed by atoms with Gasteiger partial charge in [-0.1, -0.05) is 26.2 Å². The highest BCUT2D eigenvalue weighted by Crippen LogP contribution is 2.20. The van der Waals surface area contributed by atoms with Gasteiger partial charge < -0.3 is 9.64 Å². The van der Waals surface area contributed by atoms with Gasteiger partial charge in [0, 0.05) is 19.2 Å². The summed E-state index contributed by atoms with van der Waals surface area (Å²) < 4.78 is 5.33. The van der Waals surface area contributed by atoms with Crippen LogP contribution in [0.1, 0.15) is 32.6 Å². The number of amides is 2. The molecule has 150 valence electrons. The van der Waals surface area contributed by atoms with Crippen molar-refractivity contribution >= 4 is 24.0 Å². The summed E-state index contributed by atoms with van der Waals surface area (Å²) in [5.74, 6) is 5.95. The number of rotatable bonds is 10. The number of ether oxygens (including phenoxy) is 1. The third-order valence-corrected chi connectivity index (χ3v) is 4.49. The van der Waals surface area contributed by atoms with Crippen molar-refractivity contribution in [3.05, 3.63) is 12.4 Å². The Balaban J connectivity index is 2.10. The SMILES string of the molecule is CCCCC[C@H](CN(O)C=O)C(=O)N(N)c1cc(N2CCOCC2)ncn1. The molecule has 0 saturated carbocycles. The van der Waals surface area contributed by atoms with Crippen LogP contribution in [0.4, 0.5) is 11.6 Å². The molecule has 1 aromatic rings. The van der Waals surface area contributed by atoms with Crippen molar-refractivity contribution in [2.24, 2.45) is 11.8 Å². The summed E-state index contributed by atoms with van der Waals surface area (Å²) in [4.78, 5) is 33.9. The van der Waals surface area contributed by atoms with Crippen molar-refractivity contribution in [1.82, 2.24) is 15.0 Å². The molecule has 1 aliphatic rings. The van der Waals surface area contributed by atoms with Crippen LogP contribution in [0.5, 0.6) is 0 Å². The number of anilines is 2. The van der Waals surface area contributed by atoms with Crippen molar-refractivity contribution < 1.29 is 19.5 Å². The molecule has 10 heteroatoms. The molecule has 0 unspecified atom stereocenters. The number of unbranched alkanes of at least 4 members (excludes halogenated alkanes) is 2. The van der Waals surface area contributed by atoms with Gasteiger partial charge in [0.1, 0.15) is 12.1 Å². The standard InChI is InChI=1S/C17H28N6O4/c1-2-3-4-5-14(11-22(26)13-24)17(25)23(18)16-10-15(19-12-20-16)21-6-8-27-9-7-21/h10,12-14,26H,2-9,11,18H2,1H3/t14-/m1/s1. The van der Waals surface area contributed by atoms with Crippen LogP contribution in [-0.2, 0) is 14.3 Å². The molecule has 0 aromatic carbocycles. The van der Waals surface area contributed by atoms with E-state index in [0.29, 0.717) is 43.6 Å². The fraction of sp³-hybridized carbons (Fsp3) is 0.647. The van der Waals surface area contributed by atoms with Crippen molar-refractivity contribution in [2.45, 2.75) is 32.6 Å². The molecular formula is C17H28N6O4. The second kappa shape index (κ2) is 10.8. The number of nitrogens with zero attached hydrogens (tertiary/aromatic N) is 5. The lowest BCUT2D eigenvalue weighted by molar-refractivity contribution is -0.154. The number of hydrogen-bond acceptors (Lipinski definition) is 8. The van der Waals surface area contributed by atoms with Gasteiger partial charge in [-0.05, 0) is 6.42 Å². The maximum atomic E-state index is 12.8. The van der Waals surface area contributed by atoms with E-state index in [4.69, 9.17) is 10.6 Å². The molecule has 1 aromatic heterocycles. The summed E-state index contributed by atoms with van der Waals surface area (Å²) in [6.45, 7) is 4.58. The molecule has 0 aliphatic carbocycles. The molecular weight excluding hydrogens is 352 g/mol. The van der Waals surface area contributed by atoms with E-state index in [1.807, 2.05) is 4.90 Å². The Bertz CT molecular complexity index is 611. The average molecular weight is 380 g/mol. The third-order valence-electron chi connectivity index (χ3n) is 4.49. The van der Waals surface area contributed by atoms with E-state index in [-0.39, 0.29) is 18.8 Å². The van der Waals surface area contributed by atoms with Crippen LogP contribution in [0.2, 0.25) is 0 Å². The zero-order valence-corrected chi connectivity index (χ0v) is 15.7. The number of hydrogen-bond donors (Lipinski definition) is 2. The molecule has 27 heavy (non-hydrogen) atoms. The summed E-state index contributed by atoms with van der Waals surface area (Å²) in [6.07, 6.45) is 4.92. The van der Waals surface area contributed by atoms with Crippen molar-refractivity contribution in [3.63, 3.8) is 0 Å². The van der Waals surface area contributed by atoms with Gasteiger partial charge in [-0.25, -0.2) is 25.9 Å². The summed E-state index contributed by atoms with van der Waals surface area (Å²) >= 11 is 0. The van der Waals surface area contributed by atoms with Crippen molar-refractivity contribution in [2.75, 3.05) is 42.8 Å². The molecule has 0 radical (unpaired) electrons. The number of carbonyl (C=O) groups is 2. The summed E-state index contributed by atoms with van der Waals surface area (Å²) in [5.41, 5.74) is 0. The maximum Gasteiger partial charge on any atom is 0.247 e. The van der Waals surface area contributed by atoms with Crippen LogP contribution < -0.4 is 15.8 Å². The number of hydrazine groups is 1. The van der Waals surface area contributed by atoms with Gasteiger partial charge in [0.2, 0.25) is 12.3 Å². The monoisotopic (exact) mass is 380 g/mol. The highest BCUT2D eigenvalue weighted by Gasteiger charge is 2.26. The van der Waals surface area contributed by atoms with Crippen LogP contribution in [0, 0.1) is 5.92 Å². The number of hydroxylamine groups is 2. The minimum absolute atomic E-state index is 0.110. The van der Waals surface area contributed by atoms with Gasteiger partial charge in [0.15, 0.2) is 5.82 Å². The predicted octanol–water partition coefficient (Wildman–Crippen LogP) is 0.564. The highest BCUT2D eigenvalue weighted by atomic mass is 16.5. The van der Waals surface area contributed by atoms with E-state index in [1.54, 1.807) is 6.07 Å². The van der Waals surface area contributed by atoms with Crippen LogP contribution in [0.3, 0.4) is 0 Å². The summed E-state index contributed by atoms with van der Waals surface area (Å²) in [5, 5.41) is 11.0. The van der Waals surface area contributed by atoms with E-state index >= 15 is 0 Å². The number of aromatic nitrogens is 2. The molecule has 0 spiro atoms. The van der Waals surface area contributed by atoms with Gasteiger partial charge in [0.05, 0.1) is 25.7 Å². The van der Waals surface area contributed by atoms with Crippen molar-refractivity contribution in [3.8, 4) is 0 Å². The Hall–Kier alpha value is -2.30. The third kappa shape index (κ3) is 6.12. The molecule has 10 nitrogen and oxygen atoms in total. The zero-order chi connectivity index (χ0) is 19.6. The fourth-order valence-electron chi connectivity index (χ4n) is 2.95.